The van der Waals surface area contributed by atoms with Crippen LogP contribution in [0.1, 0.15) is 19.3 Å². The zero-order chi connectivity index (χ0) is 8.39. The van der Waals surface area contributed by atoms with Gasteiger partial charge in [0.25, 0.3) is 0 Å². The lowest BCUT2D eigenvalue weighted by Crippen LogP contribution is -2.44. The van der Waals surface area contributed by atoms with Crippen molar-refractivity contribution in [2.45, 2.75) is 25.4 Å². The molecule has 3 N–H and O–H groups in total. The minimum absolute atomic E-state index is 0.0805. The predicted octanol–water partition coefficient (Wildman–Crippen LogP) is 0.101. The normalized spacial score (nSPS) is 34.6. The summed E-state index contributed by atoms with van der Waals surface area (Å²) in [5, 5.41) is 3.07. The van der Waals surface area contributed by atoms with E-state index in [0.717, 1.165) is 18.8 Å². The van der Waals surface area contributed by atoms with Gasteiger partial charge in [0.15, 0.2) is 0 Å². The highest BCUT2D eigenvalue weighted by molar-refractivity contribution is 5.95. The molecule has 0 aliphatic carbocycles. The second-order valence-corrected chi connectivity index (χ2v) is 3.28. The van der Waals surface area contributed by atoms with Gasteiger partial charge in [-0.2, -0.15) is 0 Å². The second-order valence-electron chi connectivity index (χ2n) is 3.28. The van der Waals surface area contributed by atoms with Crippen LogP contribution in [-0.2, 0) is 0 Å². The lowest BCUT2D eigenvalue weighted by molar-refractivity contribution is 0.487. The van der Waals surface area contributed by atoms with E-state index in [9.17, 15) is 0 Å². The molecule has 2 aliphatic rings. The van der Waals surface area contributed by atoms with Crippen molar-refractivity contribution in [3.05, 3.63) is 0 Å². The largest absolute Gasteiger partial charge is 0.335 e. The van der Waals surface area contributed by atoms with Crippen LogP contribution in [0.25, 0.3) is 0 Å². The highest BCUT2D eigenvalue weighted by atomic mass is 15.1. The van der Waals surface area contributed by atoms with Gasteiger partial charge in [-0.05, 0) is 12.8 Å². The van der Waals surface area contributed by atoms with Crippen LogP contribution in [0.15, 0.2) is 9.98 Å². The summed E-state index contributed by atoms with van der Waals surface area (Å²) >= 11 is 0. The molecule has 0 bridgehead atoms. The number of nitrogens with zero attached hydrogens (tertiary/aromatic N) is 2. The fraction of sp³-hybridized carbons (Fsp3) is 0.750. The molecule has 2 heterocycles. The Morgan fingerprint density at radius 1 is 1.50 bits per heavy atom. The third-order valence-electron chi connectivity index (χ3n) is 2.43. The van der Waals surface area contributed by atoms with Crippen molar-refractivity contribution in [2.24, 2.45) is 21.6 Å². The smallest absolute Gasteiger partial charge is 0.109 e. The van der Waals surface area contributed by atoms with Crippen molar-refractivity contribution in [3.8, 4) is 0 Å². The van der Waals surface area contributed by atoms with Gasteiger partial charge in [0.2, 0.25) is 0 Å². The van der Waals surface area contributed by atoms with Crippen LogP contribution in [0.5, 0.6) is 0 Å². The average molecular weight is 166 g/mol. The first kappa shape index (κ1) is 7.73. The molecule has 0 fully saturated rings. The molecule has 0 spiro atoms. The topological polar surface area (TPSA) is 62.8 Å². The third-order valence-corrected chi connectivity index (χ3v) is 2.43. The lowest BCUT2D eigenvalue weighted by atomic mass is 9.98. The van der Waals surface area contributed by atoms with Crippen molar-refractivity contribution in [1.82, 2.24) is 5.32 Å². The molecular formula is C8H14N4. The number of nitrogens with one attached hydrogen (secondary N) is 1. The number of hydrogen-bond acceptors (Lipinski definition) is 4. The van der Waals surface area contributed by atoms with E-state index in [1.54, 1.807) is 6.34 Å². The van der Waals surface area contributed by atoms with Crippen molar-refractivity contribution >= 4 is 12.2 Å². The van der Waals surface area contributed by atoms with Gasteiger partial charge in [-0.3, -0.25) is 9.98 Å². The van der Waals surface area contributed by atoms with Gasteiger partial charge in [-0.15, -0.1) is 0 Å². The number of nitrogens with two attached hydrogens (primary N) is 1. The molecule has 2 atom stereocenters. The van der Waals surface area contributed by atoms with Gasteiger partial charge in [-0.25, -0.2) is 0 Å². The number of rotatable bonds is 0. The van der Waals surface area contributed by atoms with Crippen molar-refractivity contribution in [2.75, 3.05) is 6.54 Å². The Kier molecular flexibility index (Phi) is 2.08. The second kappa shape index (κ2) is 3.23. The summed E-state index contributed by atoms with van der Waals surface area (Å²) in [6.07, 6.45) is 5.08. The SMILES string of the molecule is NC1N=CNC2=NCCCCC21. The molecule has 66 valence electrons. The summed E-state index contributed by atoms with van der Waals surface area (Å²) < 4.78 is 0. The quantitative estimate of drug-likeness (QED) is 0.536. The van der Waals surface area contributed by atoms with Gasteiger partial charge in [-0.1, -0.05) is 6.42 Å². The van der Waals surface area contributed by atoms with Crippen LogP contribution in [0.4, 0.5) is 0 Å². The predicted molar refractivity (Wildman–Crippen MR) is 49.2 cm³/mol. The molecule has 12 heavy (non-hydrogen) atoms. The summed E-state index contributed by atoms with van der Waals surface area (Å²) in [7, 11) is 0. The Morgan fingerprint density at radius 3 is 3.33 bits per heavy atom. The Hall–Kier alpha value is -0.900. The minimum atomic E-state index is -0.0805. The summed E-state index contributed by atoms with van der Waals surface area (Å²) in [4.78, 5) is 8.55. The summed E-state index contributed by atoms with van der Waals surface area (Å²) in [6, 6.07) is 0. The Balaban J connectivity index is 2.19. The van der Waals surface area contributed by atoms with Gasteiger partial charge in [0.05, 0.1) is 12.3 Å². The monoisotopic (exact) mass is 166 g/mol. The maximum atomic E-state index is 5.84. The van der Waals surface area contributed by atoms with E-state index in [0.29, 0.717) is 5.92 Å². The standard InChI is InChI=1S/C8H14N4/c9-7-6-3-1-2-4-10-8(6)12-5-11-7/h5-7H,1-4,9H2,(H,10,11,12). The molecule has 2 aliphatic heterocycles. The molecule has 0 saturated carbocycles. The van der Waals surface area contributed by atoms with Gasteiger partial charge < -0.3 is 11.1 Å². The van der Waals surface area contributed by atoms with Crippen LogP contribution < -0.4 is 11.1 Å². The Bertz CT molecular complexity index is 221. The first-order valence-corrected chi connectivity index (χ1v) is 4.46. The molecule has 0 saturated heterocycles. The maximum absolute atomic E-state index is 5.84. The molecule has 4 nitrogen and oxygen atoms in total. The van der Waals surface area contributed by atoms with Crippen molar-refractivity contribution in [1.29, 1.82) is 0 Å². The van der Waals surface area contributed by atoms with Crippen LogP contribution in [0, 0.1) is 5.92 Å². The molecule has 0 aromatic heterocycles. The highest BCUT2D eigenvalue weighted by Gasteiger charge is 2.26. The molecule has 0 radical (unpaired) electrons. The van der Waals surface area contributed by atoms with E-state index in [-0.39, 0.29) is 6.17 Å². The van der Waals surface area contributed by atoms with Crippen molar-refractivity contribution < 1.29 is 0 Å². The Morgan fingerprint density at radius 2 is 2.42 bits per heavy atom. The molecule has 4 heteroatoms. The van der Waals surface area contributed by atoms with Crippen molar-refractivity contribution in [3.63, 3.8) is 0 Å². The number of fused-ring (bicyclic) bond motifs is 1. The number of amidine groups is 1. The first-order chi connectivity index (χ1) is 5.88. The zero-order valence-corrected chi connectivity index (χ0v) is 7.03. The third kappa shape index (κ3) is 1.34. The molecule has 2 rings (SSSR count). The molecule has 0 amide bonds. The van der Waals surface area contributed by atoms with Gasteiger partial charge in [0.1, 0.15) is 12.0 Å². The van der Waals surface area contributed by atoms with Crippen LogP contribution >= 0.6 is 0 Å². The van der Waals surface area contributed by atoms with E-state index in [1.165, 1.54) is 12.8 Å². The van der Waals surface area contributed by atoms with E-state index in [2.05, 4.69) is 15.3 Å². The molecular weight excluding hydrogens is 152 g/mol. The van der Waals surface area contributed by atoms with Crippen LogP contribution in [-0.4, -0.2) is 24.9 Å². The first-order valence-electron chi connectivity index (χ1n) is 4.46. The fourth-order valence-corrected chi connectivity index (χ4v) is 1.71. The molecule has 0 aromatic rings. The molecule has 0 aromatic carbocycles. The van der Waals surface area contributed by atoms with E-state index in [4.69, 9.17) is 5.73 Å². The summed E-state index contributed by atoms with van der Waals surface area (Å²) in [5.74, 6) is 1.37. The van der Waals surface area contributed by atoms with Gasteiger partial charge in [0, 0.05) is 6.54 Å². The van der Waals surface area contributed by atoms with E-state index >= 15 is 0 Å². The van der Waals surface area contributed by atoms with Crippen LogP contribution in [0.2, 0.25) is 0 Å². The average Bonchev–Trinajstić information content (AvgIpc) is 2.30. The fourth-order valence-electron chi connectivity index (χ4n) is 1.71. The Labute approximate surface area is 72.0 Å². The highest BCUT2D eigenvalue weighted by Crippen LogP contribution is 2.18. The lowest BCUT2D eigenvalue weighted by Gasteiger charge is -2.24. The number of hydrogen-bond donors (Lipinski definition) is 2. The summed E-state index contributed by atoms with van der Waals surface area (Å²) in [6.45, 7) is 0.930. The van der Waals surface area contributed by atoms with Crippen LogP contribution in [0.3, 0.4) is 0 Å². The number of aliphatic imine (C=N–C) groups is 2. The van der Waals surface area contributed by atoms with Gasteiger partial charge >= 0.3 is 0 Å². The zero-order valence-electron chi connectivity index (χ0n) is 7.03. The van der Waals surface area contributed by atoms with E-state index < -0.39 is 0 Å². The van der Waals surface area contributed by atoms with E-state index in [1.807, 2.05) is 0 Å². The molecule has 2 unspecified atom stereocenters. The maximum Gasteiger partial charge on any atom is 0.109 e. The minimum Gasteiger partial charge on any atom is -0.335 e. The summed E-state index contributed by atoms with van der Waals surface area (Å²) in [5.41, 5.74) is 5.84.